The number of H-pyrrole nitrogens is 1. The fourth-order valence-electron chi connectivity index (χ4n) is 3.19. The van der Waals surface area contributed by atoms with Gasteiger partial charge < -0.3 is 9.80 Å². The van der Waals surface area contributed by atoms with Gasteiger partial charge in [0.25, 0.3) is 0 Å². The maximum Gasteiger partial charge on any atom is 0.223 e. The van der Waals surface area contributed by atoms with Crippen molar-refractivity contribution < 1.29 is 4.79 Å². The molecule has 1 N–H and O–H groups in total. The second kappa shape index (κ2) is 6.60. The second-order valence-electron chi connectivity index (χ2n) is 5.91. The molecule has 2 aromatic heterocycles. The van der Waals surface area contributed by atoms with Crippen LogP contribution in [-0.2, 0) is 11.2 Å². The standard InChI is InChI=1S/C17H19N5OS/c23-17(5-4-16-18-12-19-20-16)22-9-7-21(8-10-22)14-2-1-3-15-13(14)6-11-24-15/h1-3,6,11-12H,4-5,7-10H2,(H,18,19,20). The lowest BCUT2D eigenvalue weighted by atomic mass is 10.1. The van der Waals surface area contributed by atoms with Gasteiger partial charge in [0.15, 0.2) is 0 Å². The fourth-order valence-corrected chi connectivity index (χ4v) is 3.99. The molecule has 1 aromatic carbocycles. The quantitative estimate of drug-likeness (QED) is 0.791. The van der Waals surface area contributed by atoms with Crippen LogP contribution in [0.4, 0.5) is 5.69 Å². The lowest BCUT2D eigenvalue weighted by Gasteiger charge is -2.36. The van der Waals surface area contributed by atoms with Crippen molar-refractivity contribution in [2.45, 2.75) is 12.8 Å². The molecular formula is C17H19N5OS. The van der Waals surface area contributed by atoms with Gasteiger partial charge in [-0.05, 0) is 23.6 Å². The Kier molecular flexibility index (Phi) is 4.17. The zero-order valence-corrected chi connectivity index (χ0v) is 14.1. The Labute approximate surface area is 144 Å². The van der Waals surface area contributed by atoms with E-state index in [0.717, 1.165) is 32.0 Å². The van der Waals surface area contributed by atoms with Crippen LogP contribution in [0.15, 0.2) is 36.0 Å². The first-order chi connectivity index (χ1) is 11.8. The van der Waals surface area contributed by atoms with Gasteiger partial charge in [0.05, 0.1) is 0 Å². The maximum absolute atomic E-state index is 12.4. The number of carbonyl (C=O) groups excluding carboxylic acids is 1. The van der Waals surface area contributed by atoms with Crippen LogP contribution in [0.2, 0.25) is 0 Å². The van der Waals surface area contributed by atoms with Crippen LogP contribution in [0.5, 0.6) is 0 Å². The van der Waals surface area contributed by atoms with Crippen molar-refractivity contribution in [1.82, 2.24) is 20.1 Å². The zero-order chi connectivity index (χ0) is 16.4. The summed E-state index contributed by atoms with van der Waals surface area (Å²) in [5.41, 5.74) is 1.28. The van der Waals surface area contributed by atoms with Crippen LogP contribution in [0, 0.1) is 0 Å². The highest BCUT2D eigenvalue weighted by molar-refractivity contribution is 7.17. The molecule has 1 saturated heterocycles. The number of thiophene rings is 1. The van der Waals surface area contributed by atoms with E-state index in [1.807, 2.05) is 4.90 Å². The Morgan fingerprint density at radius 3 is 2.88 bits per heavy atom. The number of hydrogen-bond acceptors (Lipinski definition) is 5. The second-order valence-corrected chi connectivity index (χ2v) is 6.86. The van der Waals surface area contributed by atoms with E-state index >= 15 is 0 Å². The molecule has 0 atom stereocenters. The first-order valence-electron chi connectivity index (χ1n) is 8.14. The third-order valence-corrected chi connectivity index (χ3v) is 5.37. The SMILES string of the molecule is O=C(CCc1ncn[nH]1)N1CCN(c2cccc3sccc23)CC1. The minimum absolute atomic E-state index is 0.194. The summed E-state index contributed by atoms with van der Waals surface area (Å²) < 4.78 is 1.32. The van der Waals surface area contributed by atoms with E-state index in [-0.39, 0.29) is 5.91 Å². The van der Waals surface area contributed by atoms with Gasteiger partial charge in [-0.25, -0.2) is 4.98 Å². The van der Waals surface area contributed by atoms with E-state index in [0.29, 0.717) is 12.8 Å². The first kappa shape index (κ1) is 15.1. The minimum Gasteiger partial charge on any atom is -0.367 e. The van der Waals surface area contributed by atoms with E-state index in [1.165, 1.54) is 22.1 Å². The number of nitrogens with one attached hydrogen (secondary N) is 1. The number of carbonyl (C=O) groups is 1. The molecule has 6 nitrogen and oxygen atoms in total. The molecule has 1 aliphatic rings. The van der Waals surface area contributed by atoms with E-state index in [4.69, 9.17) is 0 Å². The summed E-state index contributed by atoms with van der Waals surface area (Å²) in [6.07, 6.45) is 2.58. The molecule has 24 heavy (non-hydrogen) atoms. The summed E-state index contributed by atoms with van der Waals surface area (Å²) in [5, 5.41) is 10.1. The Hall–Kier alpha value is -2.41. The molecule has 3 heterocycles. The summed E-state index contributed by atoms with van der Waals surface area (Å²) in [5.74, 6) is 0.964. The molecule has 0 saturated carbocycles. The van der Waals surface area contributed by atoms with Crippen molar-refractivity contribution in [2.75, 3.05) is 31.1 Å². The van der Waals surface area contributed by atoms with Gasteiger partial charge in [0, 0.05) is 54.8 Å². The molecule has 1 aliphatic heterocycles. The van der Waals surface area contributed by atoms with Crippen molar-refractivity contribution in [1.29, 1.82) is 0 Å². The number of aromatic nitrogens is 3. The van der Waals surface area contributed by atoms with Crippen molar-refractivity contribution in [3.8, 4) is 0 Å². The predicted molar refractivity (Wildman–Crippen MR) is 95.3 cm³/mol. The third-order valence-electron chi connectivity index (χ3n) is 4.49. The number of amides is 1. The third kappa shape index (κ3) is 2.99. The van der Waals surface area contributed by atoms with Crippen LogP contribution in [0.3, 0.4) is 0 Å². The number of nitrogens with zero attached hydrogens (tertiary/aromatic N) is 4. The number of rotatable bonds is 4. The molecule has 1 amide bonds. The average molecular weight is 341 g/mol. The molecule has 4 rings (SSSR count). The molecule has 0 radical (unpaired) electrons. The Bertz CT molecular complexity index is 821. The van der Waals surface area contributed by atoms with Gasteiger partial charge in [0.1, 0.15) is 12.2 Å². The topological polar surface area (TPSA) is 65.1 Å². The number of anilines is 1. The van der Waals surface area contributed by atoms with Gasteiger partial charge in [-0.2, -0.15) is 5.10 Å². The van der Waals surface area contributed by atoms with Gasteiger partial charge in [0.2, 0.25) is 5.91 Å². The highest BCUT2D eigenvalue weighted by Crippen LogP contribution is 2.31. The summed E-state index contributed by atoms with van der Waals surface area (Å²) in [6, 6.07) is 8.64. The Morgan fingerprint density at radius 1 is 1.21 bits per heavy atom. The van der Waals surface area contributed by atoms with Gasteiger partial charge >= 0.3 is 0 Å². The number of aryl methyl sites for hydroxylation is 1. The highest BCUT2D eigenvalue weighted by Gasteiger charge is 2.22. The molecular weight excluding hydrogens is 322 g/mol. The summed E-state index contributed by atoms with van der Waals surface area (Å²) in [4.78, 5) is 20.8. The van der Waals surface area contributed by atoms with Gasteiger partial charge in [-0.1, -0.05) is 6.07 Å². The molecule has 0 aliphatic carbocycles. The molecule has 0 unspecified atom stereocenters. The van der Waals surface area contributed by atoms with Crippen LogP contribution >= 0.6 is 11.3 Å². The summed E-state index contributed by atoms with van der Waals surface area (Å²) in [6.45, 7) is 3.30. The molecule has 124 valence electrons. The van der Waals surface area contributed by atoms with Crippen molar-refractivity contribution >= 4 is 33.0 Å². The predicted octanol–water partition coefficient (Wildman–Crippen LogP) is 2.30. The number of hydrogen-bond donors (Lipinski definition) is 1. The largest absolute Gasteiger partial charge is 0.367 e. The van der Waals surface area contributed by atoms with E-state index in [2.05, 4.69) is 49.7 Å². The first-order valence-corrected chi connectivity index (χ1v) is 9.02. The summed E-state index contributed by atoms with van der Waals surface area (Å²) >= 11 is 1.77. The number of piperazine rings is 1. The average Bonchev–Trinajstić information content (AvgIpc) is 3.31. The van der Waals surface area contributed by atoms with Gasteiger partial charge in [-0.3, -0.25) is 9.89 Å². The smallest absolute Gasteiger partial charge is 0.223 e. The lowest BCUT2D eigenvalue weighted by molar-refractivity contribution is -0.131. The molecule has 0 spiro atoms. The lowest BCUT2D eigenvalue weighted by Crippen LogP contribution is -2.48. The normalized spacial score (nSPS) is 15.2. The van der Waals surface area contributed by atoms with Crippen molar-refractivity contribution in [2.24, 2.45) is 0 Å². The molecule has 3 aromatic rings. The monoisotopic (exact) mass is 341 g/mol. The highest BCUT2D eigenvalue weighted by atomic mass is 32.1. The van der Waals surface area contributed by atoms with Crippen LogP contribution < -0.4 is 4.90 Å². The molecule has 1 fully saturated rings. The Morgan fingerprint density at radius 2 is 2.08 bits per heavy atom. The van der Waals surface area contributed by atoms with Crippen LogP contribution in [-0.4, -0.2) is 52.2 Å². The van der Waals surface area contributed by atoms with Crippen molar-refractivity contribution in [3.63, 3.8) is 0 Å². The minimum atomic E-state index is 0.194. The molecule has 7 heteroatoms. The number of fused-ring (bicyclic) bond motifs is 1. The van der Waals surface area contributed by atoms with Crippen LogP contribution in [0.25, 0.3) is 10.1 Å². The fraction of sp³-hybridized carbons (Fsp3) is 0.353. The van der Waals surface area contributed by atoms with E-state index in [9.17, 15) is 4.79 Å². The number of benzene rings is 1. The van der Waals surface area contributed by atoms with E-state index in [1.54, 1.807) is 11.3 Å². The van der Waals surface area contributed by atoms with Crippen molar-refractivity contribution in [3.05, 3.63) is 41.8 Å². The van der Waals surface area contributed by atoms with Gasteiger partial charge in [-0.15, -0.1) is 11.3 Å². The summed E-state index contributed by atoms with van der Waals surface area (Å²) in [7, 11) is 0. The maximum atomic E-state index is 12.4. The number of aromatic amines is 1. The van der Waals surface area contributed by atoms with E-state index < -0.39 is 0 Å². The zero-order valence-electron chi connectivity index (χ0n) is 13.3. The molecule has 0 bridgehead atoms. The van der Waals surface area contributed by atoms with Crippen LogP contribution in [0.1, 0.15) is 12.2 Å². The Balaban J connectivity index is 1.36.